The van der Waals surface area contributed by atoms with E-state index < -0.39 is 10.0 Å². The molecule has 0 radical (unpaired) electrons. The van der Waals surface area contributed by atoms with Gasteiger partial charge in [0.15, 0.2) is 0 Å². The van der Waals surface area contributed by atoms with Gasteiger partial charge in [0.05, 0.1) is 11.5 Å². The quantitative estimate of drug-likeness (QED) is 0.642. The Labute approximate surface area is 113 Å². The molecule has 108 valence electrons. The lowest BCUT2D eigenvalue weighted by Gasteiger charge is -2.08. The van der Waals surface area contributed by atoms with E-state index in [1.807, 2.05) is 0 Å². The number of aliphatic hydroxyl groups is 1. The van der Waals surface area contributed by atoms with Gasteiger partial charge in [0.1, 0.15) is 12.4 Å². The molecule has 19 heavy (non-hydrogen) atoms. The highest BCUT2D eigenvalue weighted by Crippen LogP contribution is 2.15. The molecule has 0 heterocycles. The number of methoxy groups -OCH3 is 1. The molecular weight excluding hydrogens is 270 g/mol. The summed E-state index contributed by atoms with van der Waals surface area (Å²) in [6.45, 7) is 0.942. The second-order valence-electron chi connectivity index (χ2n) is 3.79. The maximum absolute atomic E-state index is 11.9. The fourth-order valence-corrected chi connectivity index (χ4v) is 2.46. The first-order chi connectivity index (χ1) is 9.10. The highest BCUT2D eigenvalue weighted by atomic mass is 32.2. The van der Waals surface area contributed by atoms with E-state index in [1.54, 1.807) is 19.2 Å². The molecule has 0 atom stereocenters. The molecule has 0 aliphatic carbocycles. The largest absolute Gasteiger partial charge is 0.491 e. The fourth-order valence-electron chi connectivity index (χ4n) is 1.38. The van der Waals surface area contributed by atoms with Crippen molar-refractivity contribution >= 4 is 10.0 Å². The van der Waals surface area contributed by atoms with Crippen LogP contribution in [0.5, 0.6) is 5.75 Å². The van der Waals surface area contributed by atoms with E-state index in [9.17, 15) is 8.42 Å². The van der Waals surface area contributed by atoms with Crippen LogP contribution in [0.2, 0.25) is 0 Å². The van der Waals surface area contributed by atoms with E-state index in [-0.39, 0.29) is 18.1 Å². The van der Waals surface area contributed by atoms with Gasteiger partial charge in [0.25, 0.3) is 0 Å². The number of benzene rings is 1. The number of hydrogen-bond donors (Lipinski definition) is 2. The van der Waals surface area contributed by atoms with Gasteiger partial charge in [-0.3, -0.25) is 0 Å². The Hall–Kier alpha value is -1.15. The van der Waals surface area contributed by atoms with Crippen LogP contribution in [0, 0.1) is 0 Å². The molecule has 0 bridgehead atoms. The minimum atomic E-state index is -3.49. The van der Waals surface area contributed by atoms with Gasteiger partial charge >= 0.3 is 0 Å². The molecule has 0 unspecified atom stereocenters. The Morgan fingerprint density at radius 2 is 1.89 bits per heavy atom. The van der Waals surface area contributed by atoms with Crippen molar-refractivity contribution in [3.8, 4) is 5.75 Å². The van der Waals surface area contributed by atoms with Crippen LogP contribution in [0.3, 0.4) is 0 Å². The lowest BCUT2D eigenvalue weighted by Crippen LogP contribution is -2.25. The summed E-state index contributed by atoms with van der Waals surface area (Å²) in [5, 5.41) is 8.61. The first-order valence-corrected chi connectivity index (χ1v) is 7.41. The van der Waals surface area contributed by atoms with Gasteiger partial charge in [-0.1, -0.05) is 0 Å². The summed E-state index contributed by atoms with van der Waals surface area (Å²) >= 11 is 0. The average molecular weight is 289 g/mol. The fraction of sp³-hybridized carbons (Fsp3) is 0.500. The van der Waals surface area contributed by atoms with E-state index in [1.165, 1.54) is 12.1 Å². The van der Waals surface area contributed by atoms with E-state index >= 15 is 0 Å². The van der Waals surface area contributed by atoms with Crippen molar-refractivity contribution in [1.82, 2.24) is 4.72 Å². The molecule has 0 aliphatic heterocycles. The summed E-state index contributed by atoms with van der Waals surface area (Å²) in [6.07, 6.45) is 0.618. The lowest BCUT2D eigenvalue weighted by atomic mass is 10.3. The summed E-state index contributed by atoms with van der Waals surface area (Å²) < 4.78 is 36.3. The van der Waals surface area contributed by atoms with E-state index in [4.69, 9.17) is 14.6 Å². The first-order valence-electron chi connectivity index (χ1n) is 5.92. The van der Waals surface area contributed by atoms with Crippen molar-refractivity contribution < 1.29 is 23.0 Å². The molecule has 0 saturated carbocycles. The van der Waals surface area contributed by atoms with Crippen molar-refractivity contribution in [3.05, 3.63) is 24.3 Å². The van der Waals surface area contributed by atoms with Crippen LogP contribution in [-0.4, -0.2) is 47.0 Å². The van der Waals surface area contributed by atoms with Crippen LogP contribution in [-0.2, 0) is 14.8 Å². The van der Waals surface area contributed by atoms with Gasteiger partial charge in [0.2, 0.25) is 10.0 Å². The van der Waals surface area contributed by atoms with Crippen molar-refractivity contribution in [2.75, 3.05) is 33.5 Å². The van der Waals surface area contributed by atoms with E-state index in [2.05, 4.69) is 4.72 Å². The number of ether oxygens (including phenoxy) is 2. The van der Waals surface area contributed by atoms with Gasteiger partial charge in [-0.2, -0.15) is 0 Å². The SMILES string of the molecule is COCCCNS(=O)(=O)c1ccc(OCCO)cc1. The summed E-state index contributed by atoms with van der Waals surface area (Å²) in [7, 11) is -1.92. The van der Waals surface area contributed by atoms with Gasteiger partial charge in [-0.25, -0.2) is 13.1 Å². The second kappa shape index (κ2) is 8.11. The molecule has 0 aromatic heterocycles. The Balaban J connectivity index is 2.58. The van der Waals surface area contributed by atoms with E-state index in [0.717, 1.165) is 0 Å². The number of hydrogen-bond acceptors (Lipinski definition) is 5. The third-order valence-corrected chi connectivity index (χ3v) is 3.79. The molecule has 6 nitrogen and oxygen atoms in total. The summed E-state index contributed by atoms with van der Waals surface area (Å²) in [4.78, 5) is 0.182. The molecular formula is C12H19NO5S. The molecule has 0 aliphatic rings. The predicted molar refractivity (Wildman–Crippen MR) is 70.7 cm³/mol. The standard InChI is InChI=1S/C12H19NO5S/c1-17-9-2-7-13-19(15,16)12-5-3-11(4-6-12)18-10-8-14/h3-6,13-14H,2,7-10H2,1H3. The first kappa shape index (κ1) is 15.9. The zero-order chi connectivity index (χ0) is 14.1. The van der Waals surface area contributed by atoms with Crippen molar-refractivity contribution in [2.24, 2.45) is 0 Å². The predicted octanol–water partition coefficient (Wildman–Crippen LogP) is 0.372. The molecule has 1 aromatic carbocycles. The molecule has 2 N–H and O–H groups in total. The summed E-state index contributed by atoms with van der Waals surface area (Å²) in [6, 6.07) is 6.04. The lowest BCUT2D eigenvalue weighted by molar-refractivity contribution is 0.196. The minimum Gasteiger partial charge on any atom is -0.491 e. The average Bonchev–Trinajstić information content (AvgIpc) is 2.42. The third-order valence-electron chi connectivity index (χ3n) is 2.31. The monoisotopic (exact) mass is 289 g/mol. The maximum atomic E-state index is 11.9. The normalized spacial score (nSPS) is 11.5. The van der Waals surface area contributed by atoms with Crippen LogP contribution in [0.4, 0.5) is 0 Å². The van der Waals surface area contributed by atoms with Gasteiger partial charge in [-0.05, 0) is 30.7 Å². The molecule has 1 rings (SSSR count). The summed E-state index contributed by atoms with van der Waals surface area (Å²) in [5.41, 5.74) is 0. The zero-order valence-corrected chi connectivity index (χ0v) is 11.6. The molecule has 0 amide bonds. The van der Waals surface area contributed by atoms with Crippen LogP contribution >= 0.6 is 0 Å². The number of sulfonamides is 1. The van der Waals surface area contributed by atoms with Crippen LogP contribution < -0.4 is 9.46 Å². The highest BCUT2D eigenvalue weighted by molar-refractivity contribution is 7.89. The second-order valence-corrected chi connectivity index (χ2v) is 5.55. The third kappa shape index (κ3) is 5.56. The number of aliphatic hydroxyl groups excluding tert-OH is 1. The van der Waals surface area contributed by atoms with Crippen LogP contribution in [0.15, 0.2) is 29.2 Å². The smallest absolute Gasteiger partial charge is 0.240 e. The number of nitrogens with one attached hydrogen (secondary N) is 1. The van der Waals surface area contributed by atoms with Crippen molar-refractivity contribution in [3.63, 3.8) is 0 Å². The highest BCUT2D eigenvalue weighted by Gasteiger charge is 2.12. The maximum Gasteiger partial charge on any atom is 0.240 e. The summed E-state index contributed by atoms with van der Waals surface area (Å²) in [5.74, 6) is 0.521. The Bertz CT molecular complexity index is 458. The molecule has 0 fully saturated rings. The minimum absolute atomic E-state index is 0.0822. The van der Waals surface area contributed by atoms with Gasteiger partial charge in [-0.15, -0.1) is 0 Å². The number of rotatable bonds is 9. The Morgan fingerprint density at radius 1 is 1.21 bits per heavy atom. The zero-order valence-electron chi connectivity index (χ0n) is 10.8. The molecule has 0 spiro atoms. The van der Waals surface area contributed by atoms with Gasteiger partial charge in [0, 0.05) is 20.3 Å². The Morgan fingerprint density at radius 3 is 2.47 bits per heavy atom. The molecule has 1 aromatic rings. The topological polar surface area (TPSA) is 84.9 Å². The van der Waals surface area contributed by atoms with E-state index in [0.29, 0.717) is 25.3 Å². The van der Waals surface area contributed by atoms with Crippen molar-refractivity contribution in [2.45, 2.75) is 11.3 Å². The van der Waals surface area contributed by atoms with Crippen molar-refractivity contribution in [1.29, 1.82) is 0 Å². The van der Waals surface area contributed by atoms with Crippen LogP contribution in [0.25, 0.3) is 0 Å². The molecule has 0 saturated heterocycles. The van der Waals surface area contributed by atoms with Crippen LogP contribution in [0.1, 0.15) is 6.42 Å². The molecule has 7 heteroatoms. The van der Waals surface area contributed by atoms with Gasteiger partial charge < -0.3 is 14.6 Å². The Kier molecular flexibility index (Phi) is 6.79.